The van der Waals surface area contributed by atoms with Gasteiger partial charge in [-0.2, -0.15) is 5.26 Å². The maximum Gasteiger partial charge on any atom is 0.412 e. The summed E-state index contributed by atoms with van der Waals surface area (Å²) in [4.78, 5) is 30.8. The number of aliphatic imine (C=N–C) groups is 1. The molecule has 0 spiro atoms. The van der Waals surface area contributed by atoms with Crippen molar-refractivity contribution in [2.75, 3.05) is 6.61 Å². The molecule has 0 aliphatic carbocycles. The number of ether oxygens (including phenoxy) is 2. The molecule has 0 aliphatic rings. The second-order valence-electron chi connectivity index (χ2n) is 10.6. The minimum absolute atomic E-state index is 0.151. The molecule has 8 nitrogen and oxygen atoms in total. The van der Waals surface area contributed by atoms with Crippen LogP contribution in [0.5, 0.6) is 0 Å². The van der Waals surface area contributed by atoms with Crippen molar-refractivity contribution in [1.29, 1.82) is 5.26 Å². The lowest BCUT2D eigenvalue weighted by atomic mass is 9.83. The number of nitrogens with zero attached hydrogens (tertiary/aromatic N) is 2. The predicted molar refractivity (Wildman–Crippen MR) is 148 cm³/mol. The van der Waals surface area contributed by atoms with Crippen LogP contribution < -0.4 is 10.6 Å². The van der Waals surface area contributed by atoms with Gasteiger partial charge >= 0.3 is 6.09 Å². The van der Waals surface area contributed by atoms with E-state index in [0.717, 1.165) is 12.0 Å². The van der Waals surface area contributed by atoms with Gasteiger partial charge in [0.2, 0.25) is 11.6 Å². The summed E-state index contributed by atoms with van der Waals surface area (Å²) in [6, 6.07) is 19.7. The lowest BCUT2D eigenvalue weighted by Crippen LogP contribution is -2.51. The van der Waals surface area contributed by atoms with Gasteiger partial charge in [0.1, 0.15) is 17.9 Å². The molecule has 2 atom stereocenters. The molecule has 2 rings (SSSR count). The van der Waals surface area contributed by atoms with Gasteiger partial charge in [-0.25, -0.2) is 4.79 Å². The van der Waals surface area contributed by atoms with E-state index in [-0.39, 0.29) is 30.4 Å². The Labute approximate surface area is 226 Å². The van der Waals surface area contributed by atoms with Gasteiger partial charge in [0.05, 0.1) is 13.2 Å². The molecule has 2 amide bonds. The summed E-state index contributed by atoms with van der Waals surface area (Å²) in [6.07, 6.45) is 0.536. The fraction of sp³-hybridized carbons (Fsp3) is 0.467. The van der Waals surface area contributed by atoms with Gasteiger partial charge in [-0.15, -0.1) is 0 Å². The number of hydrogen-bond acceptors (Lipinski definition) is 6. The molecule has 0 heterocycles. The minimum atomic E-state index is -1.58. The largest absolute Gasteiger partial charge is 0.449 e. The third-order valence-corrected chi connectivity index (χ3v) is 6.05. The molecule has 2 N–H and O–H groups in total. The van der Waals surface area contributed by atoms with E-state index in [1.807, 2.05) is 83.1 Å². The molecule has 38 heavy (non-hydrogen) atoms. The Bertz CT molecular complexity index is 1110. The maximum absolute atomic E-state index is 13.6. The highest BCUT2D eigenvalue weighted by Crippen LogP contribution is 2.28. The molecular weight excluding hydrogens is 480 g/mol. The van der Waals surface area contributed by atoms with Crippen molar-refractivity contribution in [1.82, 2.24) is 10.6 Å². The zero-order chi connectivity index (χ0) is 28.2. The molecule has 0 saturated heterocycles. The monoisotopic (exact) mass is 520 g/mol. The normalized spacial score (nSPS) is 14.2. The molecule has 8 heteroatoms. The topological polar surface area (TPSA) is 113 Å². The van der Waals surface area contributed by atoms with Crippen molar-refractivity contribution in [3.8, 4) is 6.07 Å². The van der Waals surface area contributed by atoms with E-state index in [1.165, 1.54) is 6.92 Å². The number of benzene rings is 2. The SMILES string of the molecule is CCC(C)(C)CC(/N=C(\NC(=O)OCC(C)C)c1ccccc1)C(=O)NC(C)(C#N)OCc1ccccc1. The Balaban J connectivity index is 2.36. The van der Waals surface area contributed by atoms with Crippen LogP contribution in [0.25, 0.3) is 0 Å². The van der Waals surface area contributed by atoms with Crippen LogP contribution in [0.3, 0.4) is 0 Å². The predicted octanol–water partition coefficient (Wildman–Crippen LogP) is 5.58. The molecular formula is C30H40N4O4. The van der Waals surface area contributed by atoms with Crippen LogP contribution in [-0.2, 0) is 20.9 Å². The van der Waals surface area contributed by atoms with Gasteiger partial charge in [0, 0.05) is 5.56 Å². The van der Waals surface area contributed by atoms with Crippen molar-refractivity contribution in [3.63, 3.8) is 0 Å². The van der Waals surface area contributed by atoms with E-state index >= 15 is 0 Å². The van der Waals surface area contributed by atoms with Gasteiger partial charge < -0.3 is 14.8 Å². The first-order valence-electron chi connectivity index (χ1n) is 12.9. The second kappa shape index (κ2) is 14.3. The zero-order valence-corrected chi connectivity index (χ0v) is 23.3. The standard InChI is InChI=1S/C30H40N4O4/c1-7-29(4,5)18-25(27(35)34-30(6,21-31)38-20-23-14-10-8-11-15-23)32-26(24-16-12-9-13-17-24)33-28(36)37-19-22(2)3/h8-17,22,25H,7,18-20H2,1-6H3,(H,34,35)(H,32,33,36). The number of nitriles is 1. The smallest absolute Gasteiger partial charge is 0.412 e. The molecule has 0 aromatic heterocycles. The maximum atomic E-state index is 13.6. The van der Waals surface area contributed by atoms with Gasteiger partial charge in [-0.3, -0.25) is 15.1 Å². The first-order valence-corrected chi connectivity index (χ1v) is 12.9. The number of nitrogens with one attached hydrogen (secondary N) is 2. The highest BCUT2D eigenvalue weighted by Gasteiger charge is 2.34. The number of carbonyl (C=O) groups excluding carboxylic acids is 2. The summed E-state index contributed by atoms with van der Waals surface area (Å²) in [6.45, 7) is 11.9. The molecule has 2 unspecified atom stereocenters. The zero-order valence-electron chi connectivity index (χ0n) is 23.3. The van der Waals surface area contributed by atoms with Crippen LogP contribution in [0.2, 0.25) is 0 Å². The van der Waals surface area contributed by atoms with E-state index in [9.17, 15) is 14.9 Å². The number of amidine groups is 1. The van der Waals surface area contributed by atoms with Crippen molar-refractivity contribution >= 4 is 17.8 Å². The molecule has 0 bridgehead atoms. The van der Waals surface area contributed by atoms with E-state index in [4.69, 9.17) is 14.5 Å². The van der Waals surface area contributed by atoms with Crippen molar-refractivity contribution < 1.29 is 19.1 Å². The highest BCUT2D eigenvalue weighted by molar-refractivity contribution is 6.07. The summed E-state index contributed by atoms with van der Waals surface area (Å²) in [7, 11) is 0. The third kappa shape index (κ3) is 10.3. The van der Waals surface area contributed by atoms with E-state index < -0.39 is 23.8 Å². The number of amides is 2. The quantitative estimate of drug-likeness (QED) is 0.215. The molecule has 204 valence electrons. The number of carbonyl (C=O) groups is 2. The Kier molecular flexibility index (Phi) is 11.5. The summed E-state index contributed by atoms with van der Waals surface area (Å²) in [5.41, 5.74) is -0.308. The Morgan fingerprint density at radius 3 is 2.18 bits per heavy atom. The molecule has 2 aromatic carbocycles. The van der Waals surface area contributed by atoms with Crippen LogP contribution in [0.15, 0.2) is 65.7 Å². The number of rotatable bonds is 12. The van der Waals surface area contributed by atoms with Crippen LogP contribution in [0.4, 0.5) is 4.79 Å². The molecule has 2 aromatic rings. The number of alkyl carbamates (subject to hydrolysis) is 1. The first kappa shape index (κ1) is 30.5. The van der Waals surface area contributed by atoms with Crippen LogP contribution in [-0.4, -0.2) is 36.2 Å². The highest BCUT2D eigenvalue weighted by atomic mass is 16.5. The summed E-state index contributed by atoms with van der Waals surface area (Å²) in [5, 5.41) is 15.3. The first-order chi connectivity index (χ1) is 18.0. The molecule has 0 fully saturated rings. The third-order valence-electron chi connectivity index (χ3n) is 6.05. The summed E-state index contributed by atoms with van der Waals surface area (Å²) >= 11 is 0. The second-order valence-corrected chi connectivity index (χ2v) is 10.6. The molecule has 0 saturated carbocycles. The van der Waals surface area contributed by atoms with Crippen LogP contribution in [0, 0.1) is 22.7 Å². The minimum Gasteiger partial charge on any atom is -0.449 e. The van der Waals surface area contributed by atoms with Gasteiger partial charge in [-0.05, 0) is 30.2 Å². The molecule has 0 radical (unpaired) electrons. The van der Waals surface area contributed by atoms with E-state index in [1.54, 1.807) is 12.1 Å². The fourth-order valence-corrected chi connectivity index (χ4v) is 3.39. The van der Waals surface area contributed by atoms with Gasteiger partial charge in [-0.1, -0.05) is 102 Å². The average molecular weight is 521 g/mol. The van der Waals surface area contributed by atoms with Gasteiger partial charge in [0.15, 0.2) is 0 Å². The van der Waals surface area contributed by atoms with Crippen LogP contribution in [0.1, 0.15) is 65.5 Å². The average Bonchev–Trinajstić information content (AvgIpc) is 2.91. The van der Waals surface area contributed by atoms with Crippen molar-refractivity contribution in [2.24, 2.45) is 16.3 Å². The van der Waals surface area contributed by atoms with E-state index in [2.05, 4.69) is 16.7 Å². The lowest BCUT2D eigenvalue weighted by Gasteiger charge is -2.30. The Morgan fingerprint density at radius 2 is 1.63 bits per heavy atom. The molecule has 0 aliphatic heterocycles. The Hall–Kier alpha value is -3.70. The Morgan fingerprint density at radius 1 is 1.03 bits per heavy atom. The fourth-order valence-electron chi connectivity index (χ4n) is 3.39. The summed E-state index contributed by atoms with van der Waals surface area (Å²) < 4.78 is 11.1. The van der Waals surface area contributed by atoms with Crippen LogP contribution >= 0.6 is 0 Å². The van der Waals surface area contributed by atoms with E-state index in [0.29, 0.717) is 12.0 Å². The van der Waals surface area contributed by atoms with Crippen molar-refractivity contribution in [2.45, 2.75) is 72.8 Å². The van der Waals surface area contributed by atoms with Crippen molar-refractivity contribution in [3.05, 3.63) is 71.8 Å². The summed E-state index contributed by atoms with van der Waals surface area (Å²) in [5.74, 6) is -0.0917. The lowest BCUT2D eigenvalue weighted by molar-refractivity contribution is -0.131. The van der Waals surface area contributed by atoms with Gasteiger partial charge in [0.25, 0.3) is 0 Å². The number of hydrogen-bond donors (Lipinski definition) is 2.